The van der Waals surface area contributed by atoms with E-state index in [1.165, 1.54) is 11.8 Å². The van der Waals surface area contributed by atoms with Gasteiger partial charge in [-0.1, -0.05) is 60.3 Å². The highest BCUT2D eigenvalue weighted by Crippen LogP contribution is 2.35. The van der Waals surface area contributed by atoms with E-state index >= 15 is 0 Å². The molecule has 0 spiro atoms. The first-order valence-corrected chi connectivity index (χ1v) is 14.5. The minimum absolute atomic E-state index is 0.00640. The average molecular weight is 496 g/mol. The lowest BCUT2D eigenvalue weighted by Crippen LogP contribution is -2.43. The Labute approximate surface area is 205 Å². The number of nitrogens with zero attached hydrogens (tertiary/aromatic N) is 3. The minimum atomic E-state index is -3.04. The summed E-state index contributed by atoms with van der Waals surface area (Å²) < 4.78 is 26.2. The monoisotopic (exact) mass is 495 g/mol. The second-order valence-corrected chi connectivity index (χ2v) is 12.4. The zero-order valence-electron chi connectivity index (χ0n) is 19.5. The Morgan fingerprint density at radius 3 is 2.35 bits per heavy atom. The van der Waals surface area contributed by atoms with Gasteiger partial charge in [0.15, 0.2) is 15.0 Å². The van der Waals surface area contributed by atoms with Crippen molar-refractivity contribution < 1.29 is 13.2 Å². The van der Waals surface area contributed by atoms with Crippen LogP contribution in [-0.4, -0.2) is 58.1 Å². The topological polar surface area (TPSA) is 72.3 Å². The van der Waals surface area contributed by atoms with Gasteiger partial charge in [-0.3, -0.25) is 9.36 Å². The number of thioether (sulfide) groups is 1. The molecule has 0 bridgehead atoms. The standard InChI is InChI=1S/C26H29N3O3S2/c1-18-7-6-8-19(2)25(18)29-23(20-9-4-3-5-10-20)15-27-26(29)33-16-24(30)28(21-11-12-21)22-13-14-34(31,32)17-22/h3-10,15,21-22H,11-14,16-17H2,1-2H3. The molecule has 2 fully saturated rings. The van der Waals surface area contributed by atoms with Gasteiger partial charge in [0.25, 0.3) is 0 Å². The van der Waals surface area contributed by atoms with Crippen molar-refractivity contribution in [2.24, 2.45) is 0 Å². The first kappa shape index (κ1) is 23.2. The van der Waals surface area contributed by atoms with Crippen LogP contribution in [0.3, 0.4) is 0 Å². The molecule has 2 aromatic carbocycles. The Morgan fingerprint density at radius 1 is 1.03 bits per heavy atom. The SMILES string of the molecule is Cc1cccc(C)c1-n1c(-c2ccccc2)cnc1SCC(=O)N(C1CC1)C1CCS(=O)(=O)C1. The van der Waals surface area contributed by atoms with Crippen molar-refractivity contribution in [1.29, 1.82) is 0 Å². The van der Waals surface area contributed by atoms with Crippen LogP contribution in [0.25, 0.3) is 16.9 Å². The Kier molecular flexibility index (Phi) is 6.29. The molecule has 34 heavy (non-hydrogen) atoms. The van der Waals surface area contributed by atoms with E-state index in [-0.39, 0.29) is 35.2 Å². The van der Waals surface area contributed by atoms with Gasteiger partial charge in [0.1, 0.15) is 0 Å². The first-order chi connectivity index (χ1) is 16.3. The maximum absolute atomic E-state index is 13.3. The van der Waals surface area contributed by atoms with Crippen LogP contribution in [-0.2, 0) is 14.6 Å². The normalized spacial score (nSPS) is 19.3. The number of hydrogen-bond donors (Lipinski definition) is 0. The van der Waals surface area contributed by atoms with Crippen molar-refractivity contribution in [3.05, 3.63) is 65.9 Å². The maximum atomic E-state index is 13.3. The second-order valence-electron chi connectivity index (χ2n) is 9.25. The number of amides is 1. The smallest absolute Gasteiger partial charge is 0.233 e. The molecule has 8 heteroatoms. The second kappa shape index (κ2) is 9.23. The van der Waals surface area contributed by atoms with E-state index in [0.717, 1.165) is 46.1 Å². The Morgan fingerprint density at radius 2 is 1.74 bits per heavy atom. The number of imidazole rings is 1. The summed E-state index contributed by atoms with van der Waals surface area (Å²) in [6.07, 6.45) is 4.34. The quantitative estimate of drug-likeness (QED) is 0.454. The molecular weight excluding hydrogens is 466 g/mol. The van der Waals surface area contributed by atoms with Crippen LogP contribution < -0.4 is 0 Å². The highest BCUT2D eigenvalue weighted by Gasteiger charge is 2.42. The third-order valence-corrected chi connectivity index (χ3v) is 9.30. The molecule has 1 saturated heterocycles. The fraction of sp³-hybridized carbons (Fsp3) is 0.385. The van der Waals surface area contributed by atoms with Gasteiger partial charge < -0.3 is 4.90 Å². The van der Waals surface area contributed by atoms with E-state index in [4.69, 9.17) is 4.98 Å². The summed E-state index contributed by atoms with van der Waals surface area (Å²) in [5.74, 6) is 0.517. The molecule has 2 aliphatic rings. The fourth-order valence-electron chi connectivity index (χ4n) is 4.88. The lowest BCUT2D eigenvalue weighted by atomic mass is 10.1. The molecular formula is C26H29N3O3S2. The number of rotatable bonds is 7. The summed E-state index contributed by atoms with van der Waals surface area (Å²) >= 11 is 1.43. The van der Waals surface area contributed by atoms with Crippen LogP contribution in [0.4, 0.5) is 0 Å². The van der Waals surface area contributed by atoms with Crippen molar-refractivity contribution in [2.45, 2.75) is 50.4 Å². The van der Waals surface area contributed by atoms with Gasteiger partial charge in [-0.2, -0.15) is 0 Å². The number of carbonyl (C=O) groups is 1. The molecule has 0 N–H and O–H groups in total. The van der Waals surface area contributed by atoms with Crippen LogP contribution in [0.1, 0.15) is 30.4 Å². The molecule has 1 aromatic heterocycles. The van der Waals surface area contributed by atoms with E-state index in [0.29, 0.717) is 6.42 Å². The molecule has 2 heterocycles. The van der Waals surface area contributed by atoms with Crippen LogP contribution in [0, 0.1) is 13.8 Å². The Balaban J connectivity index is 1.45. The highest BCUT2D eigenvalue weighted by molar-refractivity contribution is 7.99. The molecule has 5 rings (SSSR count). The summed E-state index contributed by atoms with van der Waals surface area (Å²) in [7, 11) is -3.04. The van der Waals surface area contributed by atoms with Gasteiger partial charge in [-0.05, 0) is 44.2 Å². The number of hydrogen-bond acceptors (Lipinski definition) is 5. The number of aryl methyl sites for hydroxylation is 2. The van der Waals surface area contributed by atoms with Crippen molar-refractivity contribution in [3.63, 3.8) is 0 Å². The van der Waals surface area contributed by atoms with Gasteiger partial charge in [-0.25, -0.2) is 13.4 Å². The first-order valence-electron chi connectivity index (χ1n) is 11.7. The summed E-state index contributed by atoms with van der Waals surface area (Å²) in [6, 6.07) is 16.4. The van der Waals surface area contributed by atoms with Gasteiger partial charge in [0.2, 0.25) is 5.91 Å². The van der Waals surface area contributed by atoms with Gasteiger partial charge in [-0.15, -0.1) is 0 Å². The van der Waals surface area contributed by atoms with Crippen LogP contribution >= 0.6 is 11.8 Å². The molecule has 1 unspecified atom stereocenters. The van der Waals surface area contributed by atoms with E-state index in [9.17, 15) is 13.2 Å². The van der Waals surface area contributed by atoms with Gasteiger partial charge in [0, 0.05) is 17.6 Å². The van der Waals surface area contributed by atoms with E-state index in [1.54, 1.807) is 0 Å². The summed E-state index contributed by atoms with van der Waals surface area (Å²) in [5, 5.41) is 0.763. The summed E-state index contributed by atoms with van der Waals surface area (Å²) in [6.45, 7) is 4.18. The molecule has 1 aliphatic heterocycles. The van der Waals surface area contributed by atoms with E-state index < -0.39 is 9.84 Å². The van der Waals surface area contributed by atoms with Gasteiger partial charge >= 0.3 is 0 Å². The highest BCUT2D eigenvalue weighted by atomic mass is 32.2. The molecule has 1 saturated carbocycles. The molecule has 178 valence electrons. The molecule has 1 aliphatic carbocycles. The number of sulfone groups is 1. The van der Waals surface area contributed by atoms with Crippen LogP contribution in [0.2, 0.25) is 0 Å². The lowest BCUT2D eigenvalue weighted by Gasteiger charge is -2.28. The third kappa shape index (κ3) is 4.66. The fourth-order valence-corrected chi connectivity index (χ4v) is 7.44. The minimum Gasteiger partial charge on any atom is -0.335 e. The van der Waals surface area contributed by atoms with Crippen molar-refractivity contribution in [1.82, 2.24) is 14.5 Å². The zero-order valence-corrected chi connectivity index (χ0v) is 21.1. The lowest BCUT2D eigenvalue weighted by molar-refractivity contribution is -0.130. The van der Waals surface area contributed by atoms with Crippen molar-refractivity contribution in [2.75, 3.05) is 17.3 Å². The summed E-state index contributed by atoms with van der Waals surface area (Å²) in [5.41, 5.74) is 5.40. The number of carbonyl (C=O) groups excluding carboxylic acids is 1. The Hall–Kier alpha value is -2.58. The molecule has 1 atom stereocenters. The van der Waals surface area contributed by atoms with E-state index in [1.807, 2.05) is 35.4 Å². The van der Waals surface area contributed by atoms with Crippen molar-refractivity contribution >= 4 is 27.5 Å². The predicted octanol–water partition coefficient (Wildman–Crippen LogP) is 4.43. The molecule has 3 aromatic rings. The number of para-hydroxylation sites is 1. The Bertz CT molecular complexity index is 1290. The molecule has 6 nitrogen and oxygen atoms in total. The zero-order chi connectivity index (χ0) is 23.9. The third-order valence-electron chi connectivity index (χ3n) is 6.62. The number of aromatic nitrogens is 2. The number of benzene rings is 2. The van der Waals surface area contributed by atoms with Crippen LogP contribution in [0.15, 0.2) is 59.9 Å². The molecule has 1 amide bonds. The predicted molar refractivity (Wildman–Crippen MR) is 136 cm³/mol. The average Bonchev–Trinajstić information content (AvgIpc) is 3.45. The van der Waals surface area contributed by atoms with Crippen molar-refractivity contribution in [3.8, 4) is 16.9 Å². The van der Waals surface area contributed by atoms with Crippen LogP contribution in [0.5, 0.6) is 0 Å². The largest absolute Gasteiger partial charge is 0.335 e. The molecule has 0 radical (unpaired) electrons. The van der Waals surface area contributed by atoms with Gasteiger partial charge in [0.05, 0.1) is 34.8 Å². The summed E-state index contributed by atoms with van der Waals surface area (Å²) in [4.78, 5) is 19.9. The maximum Gasteiger partial charge on any atom is 0.233 e. The van der Waals surface area contributed by atoms with E-state index in [2.05, 4.69) is 42.7 Å².